The summed E-state index contributed by atoms with van der Waals surface area (Å²) < 4.78 is 23.4. The molecule has 1 N–H and O–H groups in total. The number of carboxylic acids is 1. The summed E-state index contributed by atoms with van der Waals surface area (Å²) in [5.74, 6) is -0.740. The molecule has 0 unspecified atom stereocenters. The lowest BCUT2D eigenvalue weighted by Crippen LogP contribution is -2.08. The van der Waals surface area contributed by atoms with Crippen molar-refractivity contribution in [3.8, 4) is 5.75 Å². The number of carbonyl (C=O) groups is 1. The number of rotatable bonds is 7. The molecule has 38 heavy (non-hydrogen) atoms. The molecule has 6 rings (SSSR count). The van der Waals surface area contributed by atoms with E-state index in [9.17, 15) is 14.3 Å². The average molecular weight is 574 g/mol. The van der Waals surface area contributed by atoms with Crippen molar-refractivity contribution < 1.29 is 19.0 Å². The molecule has 0 bridgehead atoms. The minimum absolute atomic E-state index is 0.241. The Morgan fingerprint density at radius 3 is 2.63 bits per heavy atom. The lowest BCUT2D eigenvalue weighted by molar-refractivity contribution is -0.139. The van der Waals surface area contributed by atoms with E-state index in [4.69, 9.17) is 9.72 Å². The zero-order valence-electron chi connectivity index (χ0n) is 20.9. The van der Waals surface area contributed by atoms with Crippen LogP contribution in [0.4, 0.5) is 4.39 Å². The van der Waals surface area contributed by atoms with Gasteiger partial charge in [0, 0.05) is 27.4 Å². The highest BCUT2D eigenvalue weighted by atomic mass is 79.9. The Labute approximate surface area is 227 Å². The van der Waals surface area contributed by atoms with E-state index < -0.39 is 17.3 Å². The number of hydrogen-bond donors (Lipinski definition) is 1. The number of aromatic nitrogens is 3. The van der Waals surface area contributed by atoms with E-state index in [0.717, 1.165) is 22.1 Å². The highest BCUT2D eigenvalue weighted by molar-refractivity contribution is 9.10. The number of aliphatic carboxylic acids is 1. The fraction of sp³-hybridized carbons (Fsp3) is 0.233. The van der Waals surface area contributed by atoms with Gasteiger partial charge in [-0.15, -0.1) is 0 Å². The van der Waals surface area contributed by atoms with Gasteiger partial charge in [-0.2, -0.15) is 0 Å². The van der Waals surface area contributed by atoms with Gasteiger partial charge in [0.25, 0.3) is 0 Å². The first-order valence-electron chi connectivity index (χ1n) is 12.4. The van der Waals surface area contributed by atoms with Crippen molar-refractivity contribution in [3.05, 3.63) is 100 Å². The van der Waals surface area contributed by atoms with Crippen molar-refractivity contribution in [2.45, 2.75) is 32.9 Å². The lowest BCUT2D eigenvalue weighted by atomic mass is 10.1. The highest BCUT2D eigenvalue weighted by Crippen LogP contribution is 2.64. The van der Waals surface area contributed by atoms with E-state index in [1.807, 2.05) is 73.0 Å². The molecule has 1 saturated carbocycles. The summed E-state index contributed by atoms with van der Waals surface area (Å²) in [5.41, 5.74) is 3.24. The van der Waals surface area contributed by atoms with Crippen molar-refractivity contribution in [1.29, 1.82) is 0 Å². The number of ether oxygens (including phenoxy) is 1. The second-order valence-electron chi connectivity index (χ2n) is 10.3. The fourth-order valence-electron chi connectivity index (χ4n) is 5.37. The maximum atomic E-state index is 14.8. The molecule has 2 atom stereocenters. The minimum Gasteiger partial charge on any atom is -0.487 e. The number of pyridine rings is 1. The molecule has 1 fully saturated rings. The van der Waals surface area contributed by atoms with E-state index in [1.165, 1.54) is 6.07 Å². The van der Waals surface area contributed by atoms with Crippen LogP contribution in [-0.2, 0) is 17.9 Å². The van der Waals surface area contributed by atoms with Crippen LogP contribution in [0.25, 0.3) is 21.9 Å². The van der Waals surface area contributed by atoms with Gasteiger partial charge in [-0.1, -0.05) is 60.1 Å². The zero-order valence-corrected chi connectivity index (χ0v) is 22.4. The third kappa shape index (κ3) is 4.32. The molecule has 8 heteroatoms. The van der Waals surface area contributed by atoms with Crippen LogP contribution in [-0.4, -0.2) is 25.6 Å². The van der Waals surface area contributed by atoms with Gasteiger partial charge in [-0.25, -0.2) is 14.4 Å². The summed E-state index contributed by atoms with van der Waals surface area (Å²) >= 11 is 3.31. The lowest BCUT2D eigenvalue weighted by Gasteiger charge is -2.12. The molecule has 0 spiro atoms. The Kier molecular flexibility index (Phi) is 5.94. The Morgan fingerprint density at radius 2 is 1.87 bits per heavy atom. The second-order valence-corrected chi connectivity index (χ2v) is 11.3. The maximum Gasteiger partial charge on any atom is 0.307 e. The summed E-state index contributed by atoms with van der Waals surface area (Å²) in [7, 11) is 0. The van der Waals surface area contributed by atoms with Crippen LogP contribution < -0.4 is 4.74 Å². The summed E-state index contributed by atoms with van der Waals surface area (Å²) in [5, 5.41) is 10.9. The predicted molar refractivity (Wildman–Crippen MR) is 147 cm³/mol. The molecular weight excluding hydrogens is 549 g/mol. The number of fused-ring (bicyclic) bond motifs is 2. The fourth-order valence-corrected chi connectivity index (χ4v) is 5.70. The van der Waals surface area contributed by atoms with Gasteiger partial charge in [0.2, 0.25) is 0 Å². The van der Waals surface area contributed by atoms with Gasteiger partial charge >= 0.3 is 5.97 Å². The predicted octanol–water partition coefficient (Wildman–Crippen LogP) is 6.94. The quantitative estimate of drug-likeness (QED) is 0.228. The van der Waals surface area contributed by atoms with Crippen LogP contribution in [0.2, 0.25) is 0 Å². The van der Waals surface area contributed by atoms with Crippen LogP contribution in [0.1, 0.15) is 36.8 Å². The molecule has 192 valence electrons. The SMILES string of the molecule is CC1(C)[C@H](c2nc3cc(OCc4ccc5ccccc5n4)ccc3n2Cc2ccc(Br)cc2F)[C@@H]1C(=O)O. The van der Waals surface area contributed by atoms with Crippen molar-refractivity contribution in [2.24, 2.45) is 11.3 Å². The molecule has 1 aliphatic carbocycles. The molecule has 0 radical (unpaired) electrons. The molecule has 0 saturated heterocycles. The van der Waals surface area contributed by atoms with E-state index in [0.29, 0.717) is 33.7 Å². The first-order valence-corrected chi connectivity index (χ1v) is 13.2. The number of para-hydroxylation sites is 1. The number of benzene rings is 3. The molecule has 2 aromatic heterocycles. The number of nitrogens with zero attached hydrogens (tertiary/aromatic N) is 3. The van der Waals surface area contributed by atoms with E-state index >= 15 is 0 Å². The van der Waals surface area contributed by atoms with Crippen LogP contribution in [0, 0.1) is 17.2 Å². The Morgan fingerprint density at radius 1 is 1.05 bits per heavy atom. The van der Waals surface area contributed by atoms with Crippen LogP contribution >= 0.6 is 15.9 Å². The molecule has 6 nitrogen and oxygen atoms in total. The first kappa shape index (κ1) is 24.6. The van der Waals surface area contributed by atoms with Gasteiger partial charge < -0.3 is 14.4 Å². The second kappa shape index (κ2) is 9.20. The number of carboxylic acid groups (broad SMARTS) is 1. The normalized spacial score (nSPS) is 18.1. The molecule has 3 aromatic carbocycles. The van der Waals surface area contributed by atoms with Crippen LogP contribution in [0.15, 0.2) is 77.3 Å². The Bertz CT molecular complexity index is 1710. The van der Waals surface area contributed by atoms with Gasteiger partial charge in [0.05, 0.1) is 34.7 Å². The number of imidazole rings is 1. The summed E-state index contributed by atoms with van der Waals surface area (Å²) in [6.07, 6.45) is 0. The molecule has 1 aliphatic rings. The molecule has 0 amide bonds. The molecule has 0 aliphatic heterocycles. The zero-order chi connectivity index (χ0) is 26.6. The first-order chi connectivity index (χ1) is 18.2. The third-order valence-electron chi connectivity index (χ3n) is 7.51. The molecular formula is C30H25BrFN3O3. The summed E-state index contributed by atoms with van der Waals surface area (Å²) in [6, 6.07) is 22.5. The highest BCUT2D eigenvalue weighted by Gasteiger charge is 2.64. The summed E-state index contributed by atoms with van der Waals surface area (Å²) in [6.45, 7) is 4.41. The van der Waals surface area contributed by atoms with Crippen molar-refractivity contribution in [1.82, 2.24) is 14.5 Å². The van der Waals surface area contributed by atoms with Crippen LogP contribution in [0.5, 0.6) is 5.75 Å². The Hall–Kier alpha value is -3.78. The maximum absolute atomic E-state index is 14.8. The Balaban J connectivity index is 1.34. The van der Waals surface area contributed by atoms with E-state index in [2.05, 4.69) is 20.9 Å². The van der Waals surface area contributed by atoms with Gasteiger partial charge in [0.1, 0.15) is 24.0 Å². The smallest absolute Gasteiger partial charge is 0.307 e. The van der Waals surface area contributed by atoms with E-state index in [-0.39, 0.29) is 18.3 Å². The van der Waals surface area contributed by atoms with Gasteiger partial charge in [-0.3, -0.25) is 4.79 Å². The molecule has 5 aromatic rings. The van der Waals surface area contributed by atoms with Crippen molar-refractivity contribution in [2.75, 3.05) is 0 Å². The van der Waals surface area contributed by atoms with Crippen molar-refractivity contribution >= 4 is 43.8 Å². The standard InChI is InChI=1S/C30H25BrFN3O3/c1-30(2)26(27(30)29(36)37)28-34-24-14-21(38-16-20-10-8-17-5-3-4-6-23(17)33-20)11-12-25(24)35(28)15-18-7-9-19(31)13-22(18)32/h3-14,26-27H,15-16H2,1-2H3,(H,36,37)/t26-,27+/m0/s1. The average Bonchev–Trinajstić information content (AvgIpc) is 3.31. The van der Waals surface area contributed by atoms with Gasteiger partial charge in [-0.05, 0) is 41.8 Å². The van der Waals surface area contributed by atoms with Gasteiger partial charge in [0.15, 0.2) is 0 Å². The monoisotopic (exact) mass is 573 g/mol. The summed E-state index contributed by atoms with van der Waals surface area (Å²) in [4.78, 5) is 21.5. The van der Waals surface area contributed by atoms with E-state index in [1.54, 1.807) is 12.1 Å². The van der Waals surface area contributed by atoms with Crippen LogP contribution in [0.3, 0.4) is 0 Å². The third-order valence-corrected chi connectivity index (χ3v) is 8.00. The number of halogens is 2. The van der Waals surface area contributed by atoms with Crippen molar-refractivity contribution in [3.63, 3.8) is 0 Å². The minimum atomic E-state index is -0.847. The topological polar surface area (TPSA) is 77.2 Å². The molecule has 2 heterocycles. The largest absolute Gasteiger partial charge is 0.487 e. The number of hydrogen-bond acceptors (Lipinski definition) is 4.